The molecule has 6 N–H and O–H groups in total. The number of nitro groups is 1. The van der Waals surface area contributed by atoms with Gasteiger partial charge < -0.3 is 16.8 Å². The van der Waals surface area contributed by atoms with Gasteiger partial charge in [-0.2, -0.15) is 0 Å². The number of rotatable bonds is 6. The first-order valence-corrected chi connectivity index (χ1v) is 6.79. The third kappa shape index (κ3) is 4.07. The number of anilines is 1. The summed E-state index contributed by atoms with van der Waals surface area (Å²) in [6.45, 7) is -0.204. The largest absolute Gasteiger partial charge is 0.399 e. The monoisotopic (exact) mass is 303 g/mol. The van der Waals surface area contributed by atoms with Crippen molar-refractivity contribution in [1.29, 1.82) is 0 Å². The van der Waals surface area contributed by atoms with Gasteiger partial charge >= 0.3 is 6.03 Å². The number of carbonyl (C=O) groups is 1. The lowest BCUT2D eigenvalue weighted by Gasteiger charge is -2.08. The second-order valence-corrected chi connectivity index (χ2v) is 5.41. The van der Waals surface area contributed by atoms with Crippen LogP contribution in [0.3, 0.4) is 0 Å². The molecule has 1 rings (SSSR count). The van der Waals surface area contributed by atoms with E-state index in [2.05, 4.69) is 10.0 Å². The molecule has 0 aromatic heterocycles. The molecule has 0 saturated heterocycles. The van der Waals surface area contributed by atoms with Gasteiger partial charge in [-0.15, -0.1) is 0 Å². The van der Waals surface area contributed by atoms with Crippen LogP contribution >= 0.6 is 0 Å². The number of nitrogens with two attached hydrogens (primary N) is 2. The summed E-state index contributed by atoms with van der Waals surface area (Å²) >= 11 is 0. The Kier molecular flexibility index (Phi) is 4.83. The van der Waals surface area contributed by atoms with Crippen LogP contribution in [0.4, 0.5) is 16.2 Å². The SMILES string of the molecule is NC(=O)NCCNS(=O)(=O)c1ccc(N)cc1[N+](=O)[O-]. The van der Waals surface area contributed by atoms with Gasteiger partial charge in [-0.1, -0.05) is 0 Å². The maximum Gasteiger partial charge on any atom is 0.312 e. The number of urea groups is 1. The fourth-order valence-electron chi connectivity index (χ4n) is 1.35. The molecular formula is C9H13N5O5S. The van der Waals surface area contributed by atoms with Gasteiger partial charge in [0.25, 0.3) is 5.69 Å². The molecule has 0 radical (unpaired) electrons. The molecule has 1 aromatic rings. The van der Waals surface area contributed by atoms with Crippen molar-refractivity contribution in [3.63, 3.8) is 0 Å². The third-order valence-corrected chi connectivity index (χ3v) is 3.69. The first-order chi connectivity index (χ1) is 9.24. The lowest BCUT2D eigenvalue weighted by Crippen LogP contribution is -2.37. The summed E-state index contributed by atoms with van der Waals surface area (Å²) in [6.07, 6.45) is 0. The standard InChI is InChI=1S/C9H13N5O5S/c10-6-1-2-8(7(5-6)14(16)17)20(18,19)13-4-3-12-9(11)15/h1-2,5,13H,3-4,10H2,(H3,11,12,15). The Labute approximate surface area is 114 Å². The fraction of sp³-hybridized carbons (Fsp3) is 0.222. The van der Waals surface area contributed by atoms with Crippen LogP contribution in [0.25, 0.3) is 0 Å². The smallest absolute Gasteiger partial charge is 0.312 e. The normalized spacial score (nSPS) is 11.0. The molecule has 2 amide bonds. The highest BCUT2D eigenvalue weighted by Crippen LogP contribution is 2.25. The summed E-state index contributed by atoms with van der Waals surface area (Å²) in [5.41, 5.74) is 9.64. The summed E-state index contributed by atoms with van der Waals surface area (Å²) in [5, 5.41) is 13.0. The summed E-state index contributed by atoms with van der Waals surface area (Å²) in [7, 11) is -4.09. The molecule has 0 fully saturated rings. The zero-order chi connectivity index (χ0) is 15.3. The summed E-state index contributed by atoms with van der Waals surface area (Å²) in [5.74, 6) is 0. The van der Waals surface area contributed by atoms with Gasteiger partial charge in [0, 0.05) is 24.8 Å². The molecule has 0 aliphatic rings. The van der Waals surface area contributed by atoms with Gasteiger partial charge in [0.2, 0.25) is 10.0 Å². The molecule has 0 spiro atoms. The predicted octanol–water partition coefficient (Wildman–Crippen LogP) is -0.876. The lowest BCUT2D eigenvalue weighted by atomic mass is 10.3. The average molecular weight is 303 g/mol. The Morgan fingerprint density at radius 1 is 1.35 bits per heavy atom. The van der Waals surface area contributed by atoms with Crippen molar-refractivity contribution in [2.75, 3.05) is 18.8 Å². The van der Waals surface area contributed by atoms with E-state index in [0.29, 0.717) is 0 Å². The second kappa shape index (κ2) is 6.16. The van der Waals surface area contributed by atoms with E-state index in [1.165, 1.54) is 6.07 Å². The molecule has 1 aromatic carbocycles. The van der Waals surface area contributed by atoms with Crippen molar-refractivity contribution >= 4 is 27.4 Å². The molecule has 0 unspecified atom stereocenters. The lowest BCUT2D eigenvalue weighted by molar-refractivity contribution is -0.387. The molecule has 0 bridgehead atoms. The highest BCUT2D eigenvalue weighted by Gasteiger charge is 2.25. The van der Waals surface area contributed by atoms with E-state index in [0.717, 1.165) is 12.1 Å². The predicted molar refractivity (Wildman–Crippen MR) is 70.3 cm³/mol. The number of benzene rings is 1. The van der Waals surface area contributed by atoms with Gasteiger partial charge in [0.1, 0.15) is 0 Å². The highest BCUT2D eigenvalue weighted by atomic mass is 32.2. The number of nitro benzene ring substituents is 1. The van der Waals surface area contributed by atoms with Gasteiger partial charge in [0.05, 0.1) is 4.92 Å². The number of nitrogens with one attached hydrogen (secondary N) is 2. The molecule has 0 heterocycles. The van der Waals surface area contributed by atoms with E-state index in [1.807, 2.05) is 0 Å². The number of amides is 2. The zero-order valence-corrected chi connectivity index (χ0v) is 11.0. The van der Waals surface area contributed by atoms with E-state index >= 15 is 0 Å². The average Bonchev–Trinajstić information content (AvgIpc) is 2.34. The molecule has 0 aliphatic carbocycles. The van der Waals surface area contributed by atoms with Crippen molar-refractivity contribution < 1.29 is 18.1 Å². The zero-order valence-electron chi connectivity index (χ0n) is 10.2. The topological polar surface area (TPSA) is 170 Å². The minimum atomic E-state index is -4.09. The third-order valence-electron chi connectivity index (χ3n) is 2.19. The minimum absolute atomic E-state index is 0.0443. The van der Waals surface area contributed by atoms with Crippen molar-refractivity contribution in [3.05, 3.63) is 28.3 Å². The Morgan fingerprint density at radius 3 is 2.55 bits per heavy atom. The summed E-state index contributed by atoms with van der Waals surface area (Å²) in [4.78, 5) is 19.9. The summed E-state index contributed by atoms with van der Waals surface area (Å²) in [6, 6.07) is 2.43. The number of primary amides is 1. The Morgan fingerprint density at radius 2 is 2.00 bits per heavy atom. The maximum absolute atomic E-state index is 11.9. The number of carbonyl (C=O) groups excluding carboxylic acids is 1. The van der Waals surface area contributed by atoms with Crippen LogP contribution in [-0.2, 0) is 10.0 Å². The number of sulfonamides is 1. The summed E-state index contributed by atoms with van der Waals surface area (Å²) < 4.78 is 25.9. The molecular weight excluding hydrogens is 290 g/mol. The van der Waals surface area contributed by atoms with E-state index in [1.54, 1.807) is 0 Å². The van der Waals surface area contributed by atoms with Crippen molar-refractivity contribution in [2.24, 2.45) is 5.73 Å². The van der Waals surface area contributed by atoms with E-state index in [9.17, 15) is 23.3 Å². The molecule has 11 heteroatoms. The van der Waals surface area contributed by atoms with Crippen LogP contribution in [-0.4, -0.2) is 32.5 Å². The van der Waals surface area contributed by atoms with E-state index < -0.39 is 31.6 Å². The maximum atomic E-state index is 11.9. The first-order valence-electron chi connectivity index (χ1n) is 5.31. The first kappa shape index (κ1) is 15.7. The Bertz CT molecular complexity index is 630. The van der Waals surface area contributed by atoms with E-state index in [4.69, 9.17) is 11.5 Å². The van der Waals surface area contributed by atoms with Gasteiger partial charge in [-0.3, -0.25) is 10.1 Å². The van der Waals surface area contributed by atoms with E-state index in [-0.39, 0.29) is 18.8 Å². The number of hydrogen-bond acceptors (Lipinski definition) is 6. The van der Waals surface area contributed by atoms with Gasteiger partial charge in [-0.25, -0.2) is 17.9 Å². The number of hydrogen-bond donors (Lipinski definition) is 4. The Balaban J connectivity index is 2.92. The van der Waals surface area contributed by atoms with Crippen LogP contribution in [0.5, 0.6) is 0 Å². The van der Waals surface area contributed by atoms with Crippen molar-refractivity contribution in [2.45, 2.75) is 4.90 Å². The molecule has 10 nitrogen and oxygen atoms in total. The number of nitrogens with zero attached hydrogens (tertiary/aromatic N) is 1. The molecule has 20 heavy (non-hydrogen) atoms. The molecule has 0 aliphatic heterocycles. The van der Waals surface area contributed by atoms with Gasteiger partial charge in [0.15, 0.2) is 4.90 Å². The van der Waals surface area contributed by atoms with Crippen LogP contribution in [0.15, 0.2) is 23.1 Å². The molecule has 0 atom stereocenters. The second-order valence-electron chi connectivity index (χ2n) is 3.67. The highest BCUT2D eigenvalue weighted by molar-refractivity contribution is 7.89. The van der Waals surface area contributed by atoms with Crippen LogP contribution in [0, 0.1) is 10.1 Å². The Hall–Kier alpha value is -2.40. The number of nitrogen functional groups attached to an aromatic ring is 1. The van der Waals surface area contributed by atoms with Crippen LogP contribution in [0.1, 0.15) is 0 Å². The minimum Gasteiger partial charge on any atom is -0.399 e. The van der Waals surface area contributed by atoms with Crippen LogP contribution in [0.2, 0.25) is 0 Å². The molecule has 0 saturated carbocycles. The molecule has 110 valence electrons. The van der Waals surface area contributed by atoms with Crippen LogP contribution < -0.4 is 21.5 Å². The van der Waals surface area contributed by atoms with Crippen molar-refractivity contribution in [1.82, 2.24) is 10.0 Å². The van der Waals surface area contributed by atoms with Gasteiger partial charge in [-0.05, 0) is 12.1 Å². The van der Waals surface area contributed by atoms with Crippen molar-refractivity contribution in [3.8, 4) is 0 Å². The quantitative estimate of drug-likeness (QED) is 0.230. The fourth-order valence-corrected chi connectivity index (χ4v) is 2.54.